The van der Waals surface area contributed by atoms with Crippen LogP contribution in [0.4, 0.5) is 0 Å². The number of nitrogens with zero attached hydrogens (tertiary/aromatic N) is 2. The van der Waals surface area contributed by atoms with Gasteiger partial charge in [-0.1, -0.05) is 25.5 Å². The van der Waals surface area contributed by atoms with Gasteiger partial charge in [-0.05, 0) is 80.0 Å². The lowest BCUT2D eigenvalue weighted by molar-refractivity contribution is -0.147. The number of ketones is 2. The maximum atomic E-state index is 13.7. The number of carbonyl (C=O) groups is 2. The molecule has 3 saturated carbocycles. The van der Waals surface area contributed by atoms with Gasteiger partial charge < -0.3 is 9.64 Å². The molecule has 38 heavy (non-hydrogen) atoms. The summed E-state index contributed by atoms with van der Waals surface area (Å²) in [5.74, 6) is 2.02. The van der Waals surface area contributed by atoms with E-state index in [2.05, 4.69) is 22.3 Å². The number of hydrogen-bond donors (Lipinski definition) is 0. The summed E-state index contributed by atoms with van der Waals surface area (Å²) < 4.78 is 36.6. The zero-order valence-corrected chi connectivity index (χ0v) is 23.4. The van der Waals surface area contributed by atoms with Crippen molar-refractivity contribution < 1.29 is 22.7 Å². The largest absolute Gasteiger partial charge is 0.497 e. The van der Waals surface area contributed by atoms with Gasteiger partial charge in [0.2, 0.25) is 0 Å². The van der Waals surface area contributed by atoms with Crippen LogP contribution in [0.5, 0.6) is 5.75 Å². The number of allylic oxidation sites excluding steroid dienone is 2. The minimum absolute atomic E-state index is 0.0533. The van der Waals surface area contributed by atoms with Gasteiger partial charge in [-0.3, -0.25) is 9.59 Å². The van der Waals surface area contributed by atoms with Crippen LogP contribution < -0.4 is 4.74 Å². The molecule has 8 heteroatoms. The highest BCUT2D eigenvalue weighted by molar-refractivity contribution is 7.90. The fourth-order valence-electron chi connectivity index (χ4n) is 8.66. The Kier molecular flexibility index (Phi) is 6.13. The van der Waals surface area contributed by atoms with Gasteiger partial charge in [-0.25, -0.2) is 0 Å². The molecular weight excluding hydrogens is 500 g/mol. The van der Waals surface area contributed by atoms with E-state index < -0.39 is 15.4 Å². The average Bonchev–Trinajstić information content (AvgIpc) is 3.60. The van der Waals surface area contributed by atoms with Gasteiger partial charge in [-0.15, -0.1) is 4.40 Å². The van der Waals surface area contributed by atoms with Gasteiger partial charge in [0.05, 0.1) is 12.0 Å². The maximum absolute atomic E-state index is 13.7. The number of amidine groups is 1. The Balaban J connectivity index is 1.34. The third-order valence-corrected chi connectivity index (χ3v) is 11.8. The lowest BCUT2D eigenvalue weighted by Crippen LogP contribution is -2.53. The summed E-state index contributed by atoms with van der Waals surface area (Å²) in [4.78, 5) is 28.8. The first kappa shape index (κ1) is 25.8. The van der Waals surface area contributed by atoms with Crippen LogP contribution in [0.1, 0.15) is 65.2 Å². The molecule has 4 aliphatic carbocycles. The molecule has 0 spiro atoms. The predicted octanol–water partition coefficient (Wildman–Crippen LogP) is 4.82. The lowest BCUT2D eigenvalue weighted by atomic mass is 9.50. The quantitative estimate of drug-likeness (QED) is 0.310. The minimum Gasteiger partial charge on any atom is -0.497 e. The van der Waals surface area contributed by atoms with Crippen molar-refractivity contribution in [2.45, 2.75) is 70.1 Å². The number of rotatable bonds is 4. The van der Waals surface area contributed by atoms with Crippen molar-refractivity contribution in [2.75, 3.05) is 20.2 Å². The highest BCUT2D eigenvalue weighted by atomic mass is 32.2. The molecule has 0 bridgehead atoms. The van der Waals surface area contributed by atoms with E-state index in [0.717, 1.165) is 51.6 Å². The molecule has 0 amide bonds. The van der Waals surface area contributed by atoms with E-state index in [1.807, 2.05) is 6.92 Å². The molecule has 204 valence electrons. The molecule has 0 radical (unpaired) electrons. The normalized spacial score (nSPS) is 37.1. The van der Waals surface area contributed by atoms with Gasteiger partial charge in [-0.2, -0.15) is 8.42 Å². The lowest BCUT2D eigenvalue weighted by Gasteiger charge is -2.52. The second kappa shape index (κ2) is 9.04. The van der Waals surface area contributed by atoms with E-state index in [1.54, 1.807) is 31.4 Å². The monoisotopic (exact) mass is 538 g/mol. The molecule has 7 nitrogen and oxygen atoms in total. The third kappa shape index (κ3) is 3.89. The molecule has 1 aromatic carbocycles. The summed E-state index contributed by atoms with van der Waals surface area (Å²) in [5.41, 5.74) is 0.452. The summed E-state index contributed by atoms with van der Waals surface area (Å²) in [6.45, 7) is 5.84. The number of fused-ring (bicyclic) bond motifs is 5. The first-order chi connectivity index (χ1) is 18.1. The number of sulfonamides is 1. The van der Waals surface area contributed by atoms with Crippen molar-refractivity contribution >= 4 is 27.4 Å². The molecule has 1 aromatic rings. The molecular formula is C30H38N2O5S. The van der Waals surface area contributed by atoms with E-state index >= 15 is 0 Å². The number of benzene rings is 1. The number of ether oxygens (including phenoxy) is 1. The van der Waals surface area contributed by atoms with Crippen molar-refractivity contribution in [3.05, 3.63) is 35.9 Å². The summed E-state index contributed by atoms with van der Waals surface area (Å²) in [5, 5.41) is 0. The van der Waals surface area contributed by atoms with E-state index in [-0.39, 0.29) is 45.5 Å². The van der Waals surface area contributed by atoms with E-state index in [1.165, 1.54) is 5.57 Å². The van der Waals surface area contributed by atoms with Crippen molar-refractivity contribution in [3.63, 3.8) is 0 Å². The maximum Gasteiger partial charge on any atom is 0.283 e. The second-order valence-corrected chi connectivity index (χ2v) is 14.2. The molecule has 6 atom stereocenters. The molecule has 1 aliphatic heterocycles. The van der Waals surface area contributed by atoms with Crippen LogP contribution >= 0.6 is 0 Å². The number of carbonyl (C=O) groups excluding carboxylic acids is 2. The summed E-state index contributed by atoms with van der Waals surface area (Å²) >= 11 is 0. The van der Waals surface area contributed by atoms with Crippen LogP contribution in [0.2, 0.25) is 0 Å². The number of hydrogen-bond acceptors (Lipinski definition) is 5. The van der Waals surface area contributed by atoms with Crippen LogP contribution in [-0.4, -0.2) is 50.9 Å². The Labute approximate surface area is 225 Å². The first-order valence-corrected chi connectivity index (χ1v) is 15.5. The van der Waals surface area contributed by atoms with Crippen LogP contribution in [0.3, 0.4) is 0 Å². The second-order valence-electron chi connectivity index (χ2n) is 12.6. The predicted molar refractivity (Wildman–Crippen MR) is 144 cm³/mol. The number of methoxy groups -OCH3 is 1. The molecule has 0 unspecified atom stereocenters. The van der Waals surface area contributed by atoms with Gasteiger partial charge in [0.15, 0.2) is 0 Å². The Bertz CT molecular complexity index is 1330. The zero-order valence-electron chi connectivity index (χ0n) is 22.6. The zero-order chi connectivity index (χ0) is 26.9. The van der Waals surface area contributed by atoms with Gasteiger partial charge in [0.25, 0.3) is 10.0 Å². The molecule has 1 saturated heterocycles. The van der Waals surface area contributed by atoms with Crippen LogP contribution in [0.15, 0.2) is 45.2 Å². The Morgan fingerprint density at radius 2 is 1.79 bits per heavy atom. The Morgan fingerprint density at radius 1 is 1.08 bits per heavy atom. The highest BCUT2D eigenvalue weighted by Gasteiger charge is 2.63. The summed E-state index contributed by atoms with van der Waals surface area (Å²) in [6, 6.07) is 6.37. The number of likely N-dealkylation sites (tertiary alicyclic amines) is 1. The molecule has 0 N–H and O–H groups in total. The SMILES string of the molecule is COc1ccc(S(=O)(=O)N=C([C@@H]2CC3=CC[C@H]4[C@H]5CCC(=O)[C@]5(C)CC(=O)[C@@H]4[C@@]3(C)C2)N2CCCC2)cc1. The fourth-order valence-corrected chi connectivity index (χ4v) is 9.76. The van der Waals surface area contributed by atoms with Crippen LogP contribution in [0.25, 0.3) is 0 Å². The van der Waals surface area contributed by atoms with E-state index in [0.29, 0.717) is 24.4 Å². The molecule has 6 rings (SSSR count). The smallest absolute Gasteiger partial charge is 0.283 e. The van der Waals surface area contributed by atoms with Crippen molar-refractivity contribution in [1.82, 2.24) is 4.90 Å². The van der Waals surface area contributed by atoms with Crippen molar-refractivity contribution in [2.24, 2.45) is 38.9 Å². The summed E-state index contributed by atoms with van der Waals surface area (Å²) in [6.07, 6.45) is 8.47. The van der Waals surface area contributed by atoms with Crippen LogP contribution in [0, 0.1) is 34.5 Å². The standard InChI is InChI=1S/C30H38N2O5S/c1-29-17-19(16-20(29)6-11-23-24-12-13-26(34)30(24,2)18-25(33)27(23)29)28(32-14-4-5-15-32)31-38(35,36)22-9-7-21(37-3)8-10-22/h6-10,19,23-24,27H,4-5,11-18H2,1-3H3/t19-,23+,24-,27-,29+,30-/m1/s1. The van der Waals surface area contributed by atoms with E-state index in [9.17, 15) is 18.0 Å². The fraction of sp³-hybridized carbons (Fsp3) is 0.633. The average molecular weight is 539 g/mol. The third-order valence-electron chi connectivity index (χ3n) is 10.5. The van der Waals surface area contributed by atoms with E-state index in [4.69, 9.17) is 4.74 Å². The van der Waals surface area contributed by atoms with Crippen molar-refractivity contribution in [1.29, 1.82) is 0 Å². The molecule has 4 fully saturated rings. The number of Topliss-reactive ketones (excluding diaryl/α,β-unsaturated/α-hetero) is 2. The minimum atomic E-state index is -3.91. The van der Waals surface area contributed by atoms with Crippen LogP contribution in [-0.2, 0) is 19.6 Å². The highest BCUT2D eigenvalue weighted by Crippen LogP contribution is 2.64. The topological polar surface area (TPSA) is 93.1 Å². The Morgan fingerprint density at radius 3 is 2.47 bits per heavy atom. The van der Waals surface area contributed by atoms with Gasteiger partial charge in [0, 0.05) is 43.2 Å². The van der Waals surface area contributed by atoms with Gasteiger partial charge >= 0.3 is 0 Å². The molecule has 1 heterocycles. The molecule has 5 aliphatic rings. The van der Waals surface area contributed by atoms with Crippen molar-refractivity contribution in [3.8, 4) is 5.75 Å². The Hall–Kier alpha value is -2.48. The molecule has 0 aromatic heterocycles. The summed E-state index contributed by atoms with van der Waals surface area (Å²) in [7, 11) is -2.35. The first-order valence-electron chi connectivity index (χ1n) is 14.1. The van der Waals surface area contributed by atoms with Gasteiger partial charge in [0.1, 0.15) is 23.2 Å².